The van der Waals surface area contributed by atoms with Crippen molar-refractivity contribution in [1.82, 2.24) is 9.97 Å². The molecular formula is C50H34Cl4N4O2. The van der Waals surface area contributed by atoms with Crippen LogP contribution in [0.15, 0.2) is 146 Å². The van der Waals surface area contributed by atoms with Gasteiger partial charge in [-0.1, -0.05) is 107 Å². The molecule has 0 saturated heterocycles. The minimum atomic E-state index is 0.256. The van der Waals surface area contributed by atoms with Crippen LogP contribution >= 0.6 is 46.4 Å². The van der Waals surface area contributed by atoms with Crippen LogP contribution in [0.1, 0.15) is 24.0 Å². The van der Waals surface area contributed by atoms with Gasteiger partial charge in [-0.2, -0.15) is 0 Å². The molecule has 0 amide bonds. The van der Waals surface area contributed by atoms with Crippen molar-refractivity contribution in [2.75, 3.05) is 10.6 Å². The summed E-state index contributed by atoms with van der Waals surface area (Å²) in [6.45, 7) is 0. The smallest absolute Gasteiger partial charge is 0.171 e. The molecule has 1 aliphatic rings. The molecule has 0 fully saturated rings. The van der Waals surface area contributed by atoms with Crippen molar-refractivity contribution < 1.29 is 9.47 Å². The Bertz CT molecular complexity index is 3140. The van der Waals surface area contributed by atoms with Gasteiger partial charge < -0.3 is 20.1 Å². The number of ether oxygens (including phenoxy) is 2. The van der Waals surface area contributed by atoms with Gasteiger partial charge in [0.1, 0.15) is 5.02 Å². The SMILES string of the molecule is Clc1ccccc1Nc1cc2ccc3cc(-c4cncc(Cl)c4Oc4cc5cc6c(cc5cc4Nc4ccccc4Cl)CCCC6)ccc3c2cc1Oc1cccnc1Cl. The van der Waals surface area contributed by atoms with E-state index in [0.717, 1.165) is 79.0 Å². The molecule has 10 heteroatoms. The van der Waals surface area contributed by atoms with Crippen LogP contribution in [0.4, 0.5) is 22.7 Å². The highest BCUT2D eigenvalue weighted by Crippen LogP contribution is 2.46. The minimum Gasteiger partial charge on any atom is -0.453 e. The molecule has 1 aliphatic carbocycles. The van der Waals surface area contributed by atoms with Crippen LogP contribution in [0.2, 0.25) is 20.2 Å². The molecule has 0 atom stereocenters. The predicted molar refractivity (Wildman–Crippen MR) is 249 cm³/mol. The first-order chi connectivity index (χ1) is 29.3. The first-order valence-electron chi connectivity index (χ1n) is 19.6. The number of para-hydroxylation sites is 2. The van der Waals surface area contributed by atoms with Crippen LogP contribution in [-0.2, 0) is 12.8 Å². The molecule has 9 aromatic rings. The quantitative estimate of drug-likeness (QED) is 0.111. The average molecular weight is 865 g/mol. The van der Waals surface area contributed by atoms with Gasteiger partial charge in [-0.05, 0) is 141 Å². The lowest BCUT2D eigenvalue weighted by molar-refractivity contribution is 0.483. The number of nitrogens with one attached hydrogen (secondary N) is 2. The first kappa shape index (κ1) is 38.2. The van der Waals surface area contributed by atoms with Crippen molar-refractivity contribution >= 4 is 101 Å². The number of hydrogen-bond donors (Lipinski definition) is 2. The topological polar surface area (TPSA) is 68.3 Å². The van der Waals surface area contributed by atoms with Crippen LogP contribution in [0.5, 0.6) is 23.0 Å². The Kier molecular flexibility index (Phi) is 10.3. The Morgan fingerprint density at radius 1 is 0.483 bits per heavy atom. The molecule has 2 N–H and O–H groups in total. The Morgan fingerprint density at radius 2 is 1.12 bits per heavy atom. The van der Waals surface area contributed by atoms with Crippen molar-refractivity contribution in [1.29, 1.82) is 0 Å². The van der Waals surface area contributed by atoms with Crippen molar-refractivity contribution in [2.24, 2.45) is 0 Å². The van der Waals surface area contributed by atoms with Crippen molar-refractivity contribution in [3.05, 3.63) is 177 Å². The molecular weight excluding hydrogens is 830 g/mol. The van der Waals surface area contributed by atoms with Crippen LogP contribution in [-0.4, -0.2) is 9.97 Å². The van der Waals surface area contributed by atoms with E-state index in [0.29, 0.717) is 38.1 Å². The summed E-state index contributed by atoms with van der Waals surface area (Å²) in [5.74, 6) is 2.09. The fourth-order valence-corrected chi connectivity index (χ4v) is 8.69. The van der Waals surface area contributed by atoms with Gasteiger partial charge in [-0.3, -0.25) is 4.98 Å². The van der Waals surface area contributed by atoms with E-state index < -0.39 is 0 Å². The van der Waals surface area contributed by atoms with E-state index in [1.54, 1.807) is 30.7 Å². The third-order valence-electron chi connectivity index (χ3n) is 10.9. The lowest BCUT2D eigenvalue weighted by Crippen LogP contribution is -2.03. The van der Waals surface area contributed by atoms with Crippen LogP contribution in [0.3, 0.4) is 0 Å². The van der Waals surface area contributed by atoms with Crippen molar-refractivity contribution in [3.63, 3.8) is 0 Å². The molecule has 10 rings (SSSR count). The average Bonchev–Trinajstić information content (AvgIpc) is 3.26. The van der Waals surface area contributed by atoms with Crippen molar-refractivity contribution in [3.8, 4) is 34.1 Å². The van der Waals surface area contributed by atoms with Gasteiger partial charge >= 0.3 is 0 Å². The zero-order valence-corrected chi connectivity index (χ0v) is 34.9. The maximum absolute atomic E-state index is 6.98. The number of nitrogens with zero attached hydrogens (tertiary/aromatic N) is 2. The third kappa shape index (κ3) is 7.53. The van der Waals surface area contributed by atoms with Gasteiger partial charge in [0.2, 0.25) is 0 Å². The maximum Gasteiger partial charge on any atom is 0.171 e. The highest BCUT2D eigenvalue weighted by atomic mass is 35.5. The van der Waals surface area contributed by atoms with E-state index in [2.05, 4.69) is 75.2 Å². The summed E-state index contributed by atoms with van der Waals surface area (Å²) in [5.41, 5.74) is 7.43. The molecule has 0 unspecified atom stereocenters. The Morgan fingerprint density at radius 3 is 1.80 bits per heavy atom. The number of pyridine rings is 2. The van der Waals surface area contributed by atoms with Crippen LogP contribution < -0.4 is 20.1 Å². The van der Waals surface area contributed by atoms with Gasteiger partial charge in [0.15, 0.2) is 28.2 Å². The first-order valence-corrected chi connectivity index (χ1v) is 21.1. The lowest BCUT2D eigenvalue weighted by Gasteiger charge is -2.20. The molecule has 0 spiro atoms. The normalized spacial score (nSPS) is 12.4. The predicted octanol–water partition coefficient (Wildman–Crippen LogP) is 16.2. The van der Waals surface area contributed by atoms with E-state index in [1.807, 2.05) is 60.7 Å². The summed E-state index contributed by atoms with van der Waals surface area (Å²) in [6, 6.07) is 42.2. The maximum atomic E-state index is 6.98. The summed E-state index contributed by atoms with van der Waals surface area (Å²) < 4.78 is 13.3. The summed E-state index contributed by atoms with van der Waals surface area (Å²) in [5, 5.41) is 15.1. The second kappa shape index (κ2) is 16.2. The number of benzene rings is 7. The molecule has 0 radical (unpaired) electrons. The van der Waals surface area contributed by atoms with Gasteiger partial charge in [0.25, 0.3) is 0 Å². The zero-order valence-electron chi connectivity index (χ0n) is 31.9. The van der Waals surface area contributed by atoms with E-state index in [1.165, 1.54) is 24.0 Å². The van der Waals surface area contributed by atoms with Crippen molar-refractivity contribution in [2.45, 2.75) is 25.7 Å². The van der Waals surface area contributed by atoms with Gasteiger partial charge in [-0.15, -0.1) is 0 Å². The monoisotopic (exact) mass is 862 g/mol. The van der Waals surface area contributed by atoms with Crippen LogP contribution in [0.25, 0.3) is 43.4 Å². The van der Waals surface area contributed by atoms with E-state index in [9.17, 15) is 0 Å². The Hall–Kier alpha value is -6.02. The fraction of sp³-hybridized carbons (Fsp3) is 0.0800. The second-order valence-corrected chi connectivity index (χ2v) is 16.4. The molecule has 60 heavy (non-hydrogen) atoms. The molecule has 2 heterocycles. The molecule has 294 valence electrons. The highest BCUT2D eigenvalue weighted by molar-refractivity contribution is 6.34. The van der Waals surface area contributed by atoms with Gasteiger partial charge in [0, 0.05) is 24.2 Å². The number of aromatic nitrogens is 2. The number of halogens is 4. The number of fused-ring (bicyclic) bond motifs is 5. The number of anilines is 4. The molecule has 0 bridgehead atoms. The summed E-state index contributed by atoms with van der Waals surface area (Å²) in [6.07, 6.45) is 9.59. The summed E-state index contributed by atoms with van der Waals surface area (Å²) >= 11 is 26.7. The summed E-state index contributed by atoms with van der Waals surface area (Å²) in [7, 11) is 0. The standard InChI is InChI=1S/C50H34Cl4N4O2/c51-39-10-3-5-12-42(39)57-44-23-33-16-15-31-22-32(17-18-36(31)37(33)26-48(44)59-46-14-7-19-56-50(46)54)38-27-55-28-41(53)49(38)60-47-25-35-21-30-9-2-1-8-29(30)20-34(35)24-45(47)58-43-13-6-4-11-40(43)52/h3-7,10-28,57-58H,1-2,8-9H2. The van der Waals surface area contributed by atoms with Gasteiger partial charge in [-0.25, -0.2) is 4.98 Å². The lowest BCUT2D eigenvalue weighted by atomic mass is 9.89. The van der Waals surface area contributed by atoms with E-state index >= 15 is 0 Å². The third-order valence-corrected chi connectivity index (χ3v) is 12.2. The van der Waals surface area contributed by atoms with Gasteiger partial charge in [0.05, 0.1) is 32.8 Å². The van der Waals surface area contributed by atoms with Crippen LogP contribution in [0, 0.1) is 0 Å². The number of hydrogen-bond acceptors (Lipinski definition) is 6. The number of aryl methyl sites for hydroxylation is 2. The highest BCUT2D eigenvalue weighted by Gasteiger charge is 2.20. The molecule has 6 nitrogen and oxygen atoms in total. The second-order valence-electron chi connectivity index (χ2n) is 14.8. The molecule has 2 aromatic heterocycles. The molecule has 0 saturated carbocycles. The fourth-order valence-electron chi connectivity index (χ4n) is 7.97. The minimum absolute atomic E-state index is 0.256. The van der Waals surface area contributed by atoms with E-state index in [4.69, 9.17) is 55.9 Å². The number of rotatable bonds is 9. The molecule has 0 aliphatic heterocycles. The Balaban J connectivity index is 1.06. The largest absolute Gasteiger partial charge is 0.453 e. The van der Waals surface area contributed by atoms with E-state index in [-0.39, 0.29) is 5.15 Å². The summed E-state index contributed by atoms with van der Waals surface area (Å²) in [4.78, 5) is 8.72. The Labute approximate surface area is 366 Å². The zero-order chi connectivity index (χ0) is 40.7. The molecule has 7 aromatic carbocycles.